The Bertz CT molecular complexity index is 897. The van der Waals surface area contributed by atoms with E-state index >= 15 is 0 Å². The van der Waals surface area contributed by atoms with Crippen molar-refractivity contribution in [3.05, 3.63) is 54.1 Å². The molecule has 6 nitrogen and oxygen atoms in total. The number of carbonyl (C=O) groups is 1. The van der Waals surface area contributed by atoms with E-state index in [9.17, 15) is 13.2 Å². The average molecular weight is 437 g/mol. The summed E-state index contributed by atoms with van der Waals surface area (Å²) in [5, 5.41) is 2.91. The van der Waals surface area contributed by atoms with Crippen molar-refractivity contribution in [1.82, 2.24) is 5.32 Å². The van der Waals surface area contributed by atoms with Gasteiger partial charge in [0.05, 0.1) is 11.9 Å². The molecule has 0 aliphatic carbocycles. The highest BCUT2D eigenvalue weighted by Crippen LogP contribution is 2.22. The molecule has 0 bridgehead atoms. The van der Waals surface area contributed by atoms with E-state index in [4.69, 9.17) is 4.74 Å². The molecule has 1 atom stereocenters. The first-order chi connectivity index (χ1) is 13.7. The van der Waals surface area contributed by atoms with Gasteiger partial charge < -0.3 is 10.1 Å². The van der Waals surface area contributed by atoms with Crippen LogP contribution in [0, 0.1) is 6.92 Å². The molecule has 0 aliphatic rings. The van der Waals surface area contributed by atoms with Crippen molar-refractivity contribution >= 4 is 33.4 Å². The van der Waals surface area contributed by atoms with Gasteiger partial charge in [-0.3, -0.25) is 9.10 Å². The van der Waals surface area contributed by atoms with E-state index in [1.54, 1.807) is 36.0 Å². The fourth-order valence-corrected chi connectivity index (χ4v) is 3.78. The van der Waals surface area contributed by atoms with Crippen LogP contribution in [0.2, 0.25) is 0 Å². The molecule has 0 saturated carbocycles. The summed E-state index contributed by atoms with van der Waals surface area (Å²) in [7, 11) is -1.83. The SMILES string of the molecule is CC[C@H](Oc1ccc(N(C)S(C)(=O)=O)cc1)C(=O)NCCSc1ccc(C)cc1. The first kappa shape index (κ1) is 23.1. The maximum atomic E-state index is 12.4. The van der Waals surface area contributed by atoms with Crippen LogP contribution in [-0.2, 0) is 14.8 Å². The van der Waals surface area contributed by atoms with E-state index in [1.807, 2.05) is 6.92 Å². The van der Waals surface area contributed by atoms with Crippen LogP contribution < -0.4 is 14.4 Å². The first-order valence-electron chi connectivity index (χ1n) is 9.38. The van der Waals surface area contributed by atoms with Gasteiger partial charge in [-0.15, -0.1) is 11.8 Å². The molecule has 0 unspecified atom stereocenters. The summed E-state index contributed by atoms with van der Waals surface area (Å²) in [4.78, 5) is 13.6. The number of hydrogen-bond acceptors (Lipinski definition) is 5. The molecule has 8 heteroatoms. The molecule has 29 heavy (non-hydrogen) atoms. The molecule has 0 spiro atoms. The number of ether oxygens (including phenoxy) is 1. The number of thioether (sulfide) groups is 1. The lowest BCUT2D eigenvalue weighted by molar-refractivity contribution is -0.127. The van der Waals surface area contributed by atoms with Gasteiger partial charge in [0.25, 0.3) is 5.91 Å². The quantitative estimate of drug-likeness (QED) is 0.456. The molecule has 2 rings (SSSR count). The first-order valence-corrected chi connectivity index (χ1v) is 12.2. The highest BCUT2D eigenvalue weighted by Gasteiger charge is 2.18. The lowest BCUT2D eigenvalue weighted by atomic mass is 10.2. The zero-order valence-corrected chi connectivity index (χ0v) is 18.8. The third-order valence-electron chi connectivity index (χ3n) is 4.33. The minimum atomic E-state index is -3.32. The highest BCUT2D eigenvalue weighted by atomic mass is 32.2. The number of aryl methyl sites for hydroxylation is 1. The Morgan fingerprint density at radius 1 is 1.14 bits per heavy atom. The molecule has 0 heterocycles. The number of carbonyl (C=O) groups excluding carboxylic acids is 1. The highest BCUT2D eigenvalue weighted by molar-refractivity contribution is 7.99. The Balaban J connectivity index is 1.83. The summed E-state index contributed by atoms with van der Waals surface area (Å²) in [6.45, 7) is 4.49. The van der Waals surface area contributed by atoms with Crippen molar-refractivity contribution in [3.8, 4) is 5.75 Å². The van der Waals surface area contributed by atoms with E-state index in [-0.39, 0.29) is 5.91 Å². The van der Waals surface area contributed by atoms with Crippen LogP contribution in [0.5, 0.6) is 5.75 Å². The second kappa shape index (κ2) is 10.5. The molecule has 0 aromatic heterocycles. The van der Waals surface area contributed by atoms with Gasteiger partial charge in [0, 0.05) is 24.2 Å². The maximum Gasteiger partial charge on any atom is 0.261 e. The van der Waals surface area contributed by atoms with Gasteiger partial charge in [0.1, 0.15) is 5.75 Å². The number of hydrogen-bond donors (Lipinski definition) is 1. The topological polar surface area (TPSA) is 75.7 Å². The standard InChI is InChI=1S/C21H28N2O4S2/c1-5-20(21(24)22-14-15-28-19-12-6-16(2)7-13-19)27-18-10-8-17(9-11-18)23(3)29(4,25)26/h6-13,20H,5,14-15H2,1-4H3,(H,22,24)/t20-/m0/s1. The summed E-state index contributed by atoms with van der Waals surface area (Å²) < 4.78 is 30.2. The molecule has 2 aromatic rings. The summed E-state index contributed by atoms with van der Waals surface area (Å²) in [6, 6.07) is 14.9. The zero-order chi connectivity index (χ0) is 21.4. The number of benzene rings is 2. The molecule has 0 fully saturated rings. The van der Waals surface area contributed by atoms with Gasteiger partial charge in [-0.2, -0.15) is 0 Å². The summed E-state index contributed by atoms with van der Waals surface area (Å²) in [6.07, 6.45) is 1.08. The molecule has 0 saturated heterocycles. The Morgan fingerprint density at radius 2 is 1.76 bits per heavy atom. The Kier molecular flexibility index (Phi) is 8.40. The van der Waals surface area contributed by atoms with Crippen LogP contribution in [0.25, 0.3) is 0 Å². The lowest BCUT2D eigenvalue weighted by Gasteiger charge is -2.19. The molecule has 1 amide bonds. The molecular weight excluding hydrogens is 408 g/mol. The molecule has 2 aromatic carbocycles. The van der Waals surface area contributed by atoms with Crippen molar-refractivity contribution in [1.29, 1.82) is 0 Å². The number of sulfonamides is 1. The predicted molar refractivity (Wildman–Crippen MR) is 119 cm³/mol. The van der Waals surface area contributed by atoms with Crippen molar-refractivity contribution in [2.45, 2.75) is 31.3 Å². The van der Waals surface area contributed by atoms with E-state index in [2.05, 4.69) is 36.5 Å². The fraction of sp³-hybridized carbons (Fsp3) is 0.381. The van der Waals surface area contributed by atoms with E-state index in [0.717, 1.165) is 12.0 Å². The number of anilines is 1. The lowest BCUT2D eigenvalue weighted by Crippen LogP contribution is -2.39. The molecule has 0 aliphatic heterocycles. The van der Waals surface area contributed by atoms with Crippen LogP contribution in [0.4, 0.5) is 5.69 Å². The van der Waals surface area contributed by atoms with Crippen LogP contribution >= 0.6 is 11.8 Å². The molecule has 0 radical (unpaired) electrons. The van der Waals surface area contributed by atoms with E-state index in [1.165, 1.54) is 21.8 Å². The smallest absolute Gasteiger partial charge is 0.261 e. The molecule has 1 N–H and O–H groups in total. The summed E-state index contributed by atoms with van der Waals surface area (Å²) in [5.41, 5.74) is 1.76. The number of amides is 1. The van der Waals surface area contributed by atoms with Crippen molar-refractivity contribution in [3.63, 3.8) is 0 Å². The predicted octanol–water partition coefficient (Wildman–Crippen LogP) is 3.46. The maximum absolute atomic E-state index is 12.4. The Hall–Kier alpha value is -2.19. The van der Waals surface area contributed by atoms with Gasteiger partial charge in [-0.05, 0) is 49.7 Å². The third kappa shape index (κ3) is 7.29. The van der Waals surface area contributed by atoms with Crippen molar-refractivity contribution < 1.29 is 17.9 Å². The van der Waals surface area contributed by atoms with Gasteiger partial charge in [0.2, 0.25) is 10.0 Å². The van der Waals surface area contributed by atoms with Gasteiger partial charge in [-0.25, -0.2) is 8.42 Å². The fourth-order valence-electron chi connectivity index (χ4n) is 2.50. The van der Waals surface area contributed by atoms with Crippen molar-refractivity contribution in [2.24, 2.45) is 0 Å². The van der Waals surface area contributed by atoms with E-state index in [0.29, 0.717) is 24.4 Å². The third-order valence-corrected chi connectivity index (χ3v) is 6.55. The van der Waals surface area contributed by atoms with Gasteiger partial charge in [0.15, 0.2) is 6.10 Å². The minimum Gasteiger partial charge on any atom is -0.481 e. The number of rotatable bonds is 10. The van der Waals surface area contributed by atoms with Crippen LogP contribution in [0.1, 0.15) is 18.9 Å². The van der Waals surface area contributed by atoms with Gasteiger partial charge >= 0.3 is 0 Å². The average Bonchev–Trinajstić information content (AvgIpc) is 2.69. The van der Waals surface area contributed by atoms with Gasteiger partial charge in [-0.1, -0.05) is 24.6 Å². The van der Waals surface area contributed by atoms with Crippen LogP contribution in [0.15, 0.2) is 53.4 Å². The minimum absolute atomic E-state index is 0.158. The second-order valence-corrected chi connectivity index (χ2v) is 9.87. The number of nitrogens with one attached hydrogen (secondary N) is 1. The Morgan fingerprint density at radius 3 is 2.31 bits per heavy atom. The molecule has 158 valence electrons. The second-order valence-electron chi connectivity index (χ2n) is 6.69. The number of nitrogens with zero attached hydrogens (tertiary/aromatic N) is 1. The summed E-state index contributed by atoms with van der Waals surface area (Å²) in [5.74, 6) is 1.14. The molecular formula is C21H28N2O4S2. The summed E-state index contributed by atoms with van der Waals surface area (Å²) >= 11 is 1.69. The normalized spacial score (nSPS) is 12.3. The monoisotopic (exact) mass is 436 g/mol. The largest absolute Gasteiger partial charge is 0.481 e. The Labute approximate surface area is 177 Å². The van der Waals surface area contributed by atoms with Crippen LogP contribution in [-0.4, -0.2) is 46.0 Å². The van der Waals surface area contributed by atoms with Crippen molar-refractivity contribution in [2.75, 3.05) is 29.9 Å². The zero-order valence-electron chi connectivity index (χ0n) is 17.2. The van der Waals surface area contributed by atoms with E-state index < -0.39 is 16.1 Å². The van der Waals surface area contributed by atoms with Crippen LogP contribution in [0.3, 0.4) is 0 Å².